The first-order chi connectivity index (χ1) is 6.05. The summed E-state index contributed by atoms with van der Waals surface area (Å²) in [4.78, 5) is 0. The predicted octanol–water partition coefficient (Wildman–Crippen LogP) is 2.96. The van der Waals surface area contributed by atoms with Crippen LogP contribution in [0.3, 0.4) is 0 Å². The van der Waals surface area contributed by atoms with Gasteiger partial charge >= 0.3 is 0 Å². The van der Waals surface area contributed by atoms with E-state index >= 15 is 0 Å². The topological polar surface area (TPSA) is 12.0 Å². The Kier molecular flexibility index (Phi) is 5.82. The SMILES string of the molecule is C#CC(C)(C)NC(CC)CCCC. The molecule has 0 aromatic rings. The molecule has 1 atom stereocenters. The molecule has 0 aromatic carbocycles. The van der Waals surface area contributed by atoms with E-state index in [0.29, 0.717) is 6.04 Å². The van der Waals surface area contributed by atoms with Gasteiger partial charge in [0.05, 0.1) is 5.54 Å². The third kappa shape index (κ3) is 5.71. The van der Waals surface area contributed by atoms with Crippen LogP contribution in [0.4, 0.5) is 0 Å². The van der Waals surface area contributed by atoms with Crippen molar-refractivity contribution in [1.82, 2.24) is 5.32 Å². The monoisotopic (exact) mass is 181 g/mol. The molecule has 0 saturated heterocycles. The molecule has 1 nitrogen and oxygen atoms in total. The van der Waals surface area contributed by atoms with Crippen molar-refractivity contribution in [3.05, 3.63) is 0 Å². The van der Waals surface area contributed by atoms with Gasteiger partial charge in [0.25, 0.3) is 0 Å². The first-order valence-corrected chi connectivity index (χ1v) is 5.31. The lowest BCUT2D eigenvalue weighted by molar-refractivity contribution is 0.371. The van der Waals surface area contributed by atoms with Crippen LogP contribution in [0.5, 0.6) is 0 Å². The fraction of sp³-hybridized carbons (Fsp3) is 0.833. The quantitative estimate of drug-likeness (QED) is 0.621. The molecule has 0 aliphatic heterocycles. The summed E-state index contributed by atoms with van der Waals surface area (Å²) in [6, 6.07) is 0.575. The van der Waals surface area contributed by atoms with Crippen LogP contribution in [0.1, 0.15) is 53.4 Å². The lowest BCUT2D eigenvalue weighted by Crippen LogP contribution is -2.44. The van der Waals surface area contributed by atoms with Crippen LogP contribution in [0.15, 0.2) is 0 Å². The molecule has 0 heterocycles. The highest BCUT2D eigenvalue weighted by Gasteiger charge is 2.17. The zero-order chi connectivity index (χ0) is 10.3. The number of unbranched alkanes of at least 4 members (excludes halogenated alkanes) is 1. The van der Waals surface area contributed by atoms with Gasteiger partial charge < -0.3 is 0 Å². The smallest absolute Gasteiger partial charge is 0.0743 e. The van der Waals surface area contributed by atoms with E-state index in [4.69, 9.17) is 6.42 Å². The van der Waals surface area contributed by atoms with Crippen molar-refractivity contribution in [2.75, 3.05) is 0 Å². The van der Waals surface area contributed by atoms with Gasteiger partial charge in [0.2, 0.25) is 0 Å². The van der Waals surface area contributed by atoms with Crippen LogP contribution in [0, 0.1) is 12.3 Å². The number of rotatable bonds is 6. The van der Waals surface area contributed by atoms with Crippen molar-refractivity contribution in [1.29, 1.82) is 0 Å². The molecular weight excluding hydrogens is 158 g/mol. The Balaban J connectivity index is 3.91. The number of hydrogen-bond acceptors (Lipinski definition) is 1. The molecule has 13 heavy (non-hydrogen) atoms. The van der Waals surface area contributed by atoms with E-state index < -0.39 is 0 Å². The second-order valence-corrected chi connectivity index (χ2v) is 4.16. The number of hydrogen-bond donors (Lipinski definition) is 1. The van der Waals surface area contributed by atoms with Crippen LogP contribution in [0.2, 0.25) is 0 Å². The highest BCUT2D eigenvalue weighted by molar-refractivity contribution is 5.08. The summed E-state index contributed by atoms with van der Waals surface area (Å²) in [5.74, 6) is 2.77. The first-order valence-electron chi connectivity index (χ1n) is 5.31. The summed E-state index contributed by atoms with van der Waals surface area (Å²) >= 11 is 0. The zero-order valence-electron chi connectivity index (χ0n) is 9.48. The van der Waals surface area contributed by atoms with Crippen molar-refractivity contribution in [2.45, 2.75) is 65.0 Å². The lowest BCUT2D eigenvalue weighted by Gasteiger charge is -2.26. The summed E-state index contributed by atoms with van der Waals surface area (Å²) in [5.41, 5.74) is -0.158. The Morgan fingerprint density at radius 2 is 2.00 bits per heavy atom. The molecule has 0 radical (unpaired) electrons. The average Bonchev–Trinajstić information content (AvgIpc) is 2.12. The minimum Gasteiger partial charge on any atom is -0.299 e. The van der Waals surface area contributed by atoms with Gasteiger partial charge in [0.15, 0.2) is 0 Å². The summed E-state index contributed by atoms with van der Waals surface area (Å²) in [6.45, 7) is 8.54. The Bertz CT molecular complexity index is 164. The van der Waals surface area contributed by atoms with E-state index in [0.717, 1.165) is 6.42 Å². The third-order valence-electron chi connectivity index (χ3n) is 2.32. The molecule has 0 aromatic heterocycles. The maximum atomic E-state index is 5.43. The van der Waals surface area contributed by atoms with Gasteiger partial charge in [-0.25, -0.2) is 0 Å². The van der Waals surface area contributed by atoms with Gasteiger partial charge in [-0.15, -0.1) is 6.42 Å². The van der Waals surface area contributed by atoms with Crippen LogP contribution in [-0.4, -0.2) is 11.6 Å². The van der Waals surface area contributed by atoms with Gasteiger partial charge in [-0.2, -0.15) is 0 Å². The van der Waals surface area contributed by atoms with Gasteiger partial charge in [-0.05, 0) is 26.7 Å². The van der Waals surface area contributed by atoms with Crippen molar-refractivity contribution in [3.8, 4) is 12.3 Å². The average molecular weight is 181 g/mol. The van der Waals surface area contributed by atoms with E-state index in [1.54, 1.807) is 0 Å². The Labute approximate surface area is 83.3 Å². The summed E-state index contributed by atoms with van der Waals surface area (Å²) in [6.07, 6.45) is 10.4. The van der Waals surface area contributed by atoms with Gasteiger partial charge in [-0.1, -0.05) is 32.6 Å². The lowest BCUT2D eigenvalue weighted by atomic mass is 10.0. The van der Waals surface area contributed by atoms with Crippen LogP contribution in [0.25, 0.3) is 0 Å². The fourth-order valence-electron chi connectivity index (χ4n) is 1.38. The standard InChI is InChI=1S/C12H23N/c1-6-9-10-11(7-2)13-12(4,5)8-3/h3,11,13H,6-7,9-10H2,1-2,4-5H3. The molecule has 0 fully saturated rings. The first kappa shape index (κ1) is 12.5. The molecule has 1 heteroatoms. The number of nitrogens with one attached hydrogen (secondary N) is 1. The van der Waals surface area contributed by atoms with Crippen molar-refractivity contribution in [2.24, 2.45) is 0 Å². The van der Waals surface area contributed by atoms with Crippen molar-refractivity contribution < 1.29 is 0 Å². The molecular formula is C12H23N. The van der Waals surface area contributed by atoms with E-state index in [9.17, 15) is 0 Å². The van der Waals surface area contributed by atoms with E-state index in [1.165, 1.54) is 19.3 Å². The maximum absolute atomic E-state index is 5.43. The molecule has 0 bridgehead atoms. The van der Waals surface area contributed by atoms with Crippen LogP contribution >= 0.6 is 0 Å². The molecule has 1 N–H and O–H groups in total. The highest BCUT2D eigenvalue weighted by atomic mass is 15.0. The second-order valence-electron chi connectivity index (χ2n) is 4.16. The van der Waals surface area contributed by atoms with E-state index in [1.807, 2.05) is 0 Å². The molecule has 1 unspecified atom stereocenters. The summed E-state index contributed by atoms with van der Waals surface area (Å²) in [7, 11) is 0. The van der Waals surface area contributed by atoms with E-state index in [-0.39, 0.29) is 5.54 Å². The summed E-state index contributed by atoms with van der Waals surface area (Å²) < 4.78 is 0. The van der Waals surface area contributed by atoms with Crippen LogP contribution in [-0.2, 0) is 0 Å². The zero-order valence-corrected chi connectivity index (χ0v) is 9.48. The molecule has 0 spiro atoms. The minimum absolute atomic E-state index is 0.158. The van der Waals surface area contributed by atoms with Crippen LogP contribution < -0.4 is 5.32 Å². The predicted molar refractivity (Wildman–Crippen MR) is 59.7 cm³/mol. The largest absolute Gasteiger partial charge is 0.299 e. The normalized spacial score (nSPS) is 13.8. The molecule has 0 amide bonds. The van der Waals surface area contributed by atoms with Gasteiger partial charge in [-0.3, -0.25) is 5.32 Å². The molecule has 0 saturated carbocycles. The molecule has 0 aliphatic carbocycles. The minimum atomic E-state index is -0.158. The Morgan fingerprint density at radius 3 is 2.38 bits per heavy atom. The Hall–Kier alpha value is -0.480. The number of terminal acetylenes is 1. The van der Waals surface area contributed by atoms with Crippen molar-refractivity contribution >= 4 is 0 Å². The van der Waals surface area contributed by atoms with Gasteiger partial charge in [0.1, 0.15) is 0 Å². The van der Waals surface area contributed by atoms with Gasteiger partial charge in [0, 0.05) is 6.04 Å². The van der Waals surface area contributed by atoms with E-state index in [2.05, 4.69) is 38.9 Å². The molecule has 76 valence electrons. The second kappa shape index (κ2) is 6.05. The van der Waals surface area contributed by atoms with Crippen molar-refractivity contribution in [3.63, 3.8) is 0 Å². The third-order valence-corrected chi connectivity index (χ3v) is 2.32. The summed E-state index contributed by atoms with van der Waals surface area (Å²) in [5, 5.41) is 3.49. The Morgan fingerprint density at radius 1 is 1.38 bits per heavy atom. The molecule has 0 aliphatic rings. The molecule has 0 rings (SSSR count). The fourth-order valence-corrected chi connectivity index (χ4v) is 1.38. The highest BCUT2D eigenvalue weighted by Crippen LogP contribution is 2.09. The maximum Gasteiger partial charge on any atom is 0.0743 e.